The van der Waals surface area contributed by atoms with Crippen molar-refractivity contribution < 1.29 is 5.11 Å². The van der Waals surface area contributed by atoms with Crippen LogP contribution in [0.1, 0.15) is 11.1 Å². The molecule has 0 radical (unpaired) electrons. The van der Waals surface area contributed by atoms with E-state index in [0.717, 1.165) is 5.56 Å². The summed E-state index contributed by atoms with van der Waals surface area (Å²) in [5.41, 5.74) is 1.76. The first-order chi connectivity index (χ1) is 8.09. The third kappa shape index (κ3) is 2.76. The predicted octanol–water partition coefficient (Wildman–Crippen LogP) is 5.05. The van der Waals surface area contributed by atoms with Gasteiger partial charge in [-0.1, -0.05) is 53.5 Å². The van der Waals surface area contributed by atoms with Crippen molar-refractivity contribution >= 4 is 39.1 Å². The molecule has 4 heteroatoms. The fourth-order valence-electron chi connectivity index (χ4n) is 1.59. The van der Waals surface area contributed by atoms with Crippen LogP contribution in [-0.4, -0.2) is 5.11 Å². The average Bonchev–Trinajstić information content (AvgIpc) is 2.33. The molecule has 0 saturated heterocycles. The second-order valence-electron chi connectivity index (χ2n) is 3.65. The van der Waals surface area contributed by atoms with Crippen molar-refractivity contribution in [2.24, 2.45) is 0 Å². The molecule has 88 valence electrons. The first kappa shape index (κ1) is 12.7. The molecule has 0 aromatic heterocycles. The molecule has 1 nitrogen and oxygen atoms in total. The lowest BCUT2D eigenvalue weighted by atomic mass is 10.0. The molecule has 0 atom stereocenters. The normalized spacial score (nSPS) is 10.5. The third-order valence-corrected chi connectivity index (χ3v) is 4.46. The molecule has 2 aromatic rings. The van der Waals surface area contributed by atoms with Gasteiger partial charge in [0.1, 0.15) is 5.75 Å². The molecule has 2 rings (SSSR count). The van der Waals surface area contributed by atoms with Crippen LogP contribution in [0.3, 0.4) is 0 Å². The minimum absolute atomic E-state index is 0.118. The number of rotatable bonds is 2. The van der Waals surface area contributed by atoms with Crippen molar-refractivity contribution in [3.63, 3.8) is 0 Å². The number of hydrogen-bond acceptors (Lipinski definition) is 1. The zero-order valence-electron chi connectivity index (χ0n) is 8.75. The van der Waals surface area contributed by atoms with Crippen LogP contribution < -0.4 is 0 Å². The zero-order chi connectivity index (χ0) is 12.4. The second-order valence-corrected chi connectivity index (χ2v) is 5.22. The molecule has 0 spiro atoms. The van der Waals surface area contributed by atoms with E-state index in [-0.39, 0.29) is 5.75 Å². The van der Waals surface area contributed by atoms with Gasteiger partial charge in [-0.2, -0.15) is 0 Å². The van der Waals surface area contributed by atoms with E-state index in [2.05, 4.69) is 15.9 Å². The maximum atomic E-state index is 9.87. The Balaban J connectivity index is 2.43. The minimum atomic E-state index is 0.118. The lowest BCUT2D eigenvalue weighted by Crippen LogP contribution is -1.91. The molecule has 0 fully saturated rings. The molecule has 0 unspecified atom stereocenters. The Morgan fingerprint density at radius 1 is 1.12 bits per heavy atom. The van der Waals surface area contributed by atoms with Crippen molar-refractivity contribution in [1.29, 1.82) is 0 Å². The van der Waals surface area contributed by atoms with Crippen LogP contribution in [0.15, 0.2) is 40.9 Å². The number of phenolic OH excluding ortho intramolecular Hbond substituents is 1. The summed E-state index contributed by atoms with van der Waals surface area (Å²) >= 11 is 15.4. The van der Waals surface area contributed by atoms with Crippen molar-refractivity contribution in [3.8, 4) is 5.75 Å². The smallest absolute Gasteiger partial charge is 0.122 e. The second kappa shape index (κ2) is 5.30. The van der Waals surface area contributed by atoms with Gasteiger partial charge in [-0.15, -0.1) is 0 Å². The highest BCUT2D eigenvalue weighted by Gasteiger charge is 2.14. The minimum Gasteiger partial charge on any atom is -0.508 e. The maximum absolute atomic E-state index is 9.87. The lowest BCUT2D eigenvalue weighted by Gasteiger charge is -2.10. The third-order valence-electron chi connectivity index (χ3n) is 2.46. The number of hydrogen-bond donors (Lipinski definition) is 1. The summed E-state index contributed by atoms with van der Waals surface area (Å²) in [5, 5.41) is 10.7. The summed E-state index contributed by atoms with van der Waals surface area (Å²) in [7, 11) is 0. The first-order valence-electron chi connectivity index (χ1n) is 4.99. The van der Waals surface area contributed by atoms with Gasteiger partial charge in [-0.05, 0) is 21.5 Å². The molecule has 17 heavy (non-hydrogen) atoms. The number of phenols is 1. The van der Waals surface area contributed by atoms with Crippen LogP contribution in [-0.2, 0) is 6.42 Å². The SMILES string of the molecule is Oc1cc(Cl)c(Br)c(Cl)c1Cc1ccccc1. The molecule has 0 heterocycles. The van der Waals surface area contributed by atoms with Gasteiger partial charge in [0.25, 0.3) is 0 Å². The number of halogens is 3. The topological polar surface area (TPSA) is 20.2 Å². The molecule has 0 bridgehead atoms. The van der Waals surface area contributed by atoms with Crippen molar-refractivity contribution in [1.82, 2.24) is 0 Å². The van der Waals surface area contributed by atoms with E-state index < -0.39 is 0 Å². The Hall–Kier alpha value is -0.700. The highest BCUT2D eigenvalue weighted by Crippen LogP contribution is 2.39. The van der Waals surface area contributed by atoms with Crippen LogP contribution in [0.4, 0.5) is 0 Å². The Labute approximate surface area is 118 Å². The van der Waals surface area contributed by atoms with Gasteiger partial charge in [-0.25, -0.2) is 0 Å². The lowest BCUT2D eigenvalue weighted by molar-refractivity contribution is 0.469. The monoisotopic (exact) mass is 330 g/mol. The van der Waals surface area contributed by atoms with Gasteiger partial charge in [0, 0.05) is 18.1 Å². The van der Waals surface area contributed by atoms with E-state index in [1.165, 1.54) is 6.07 Å². The van der Waals surface area contributed by atoms with E-state index in [4.69, 9.17) is 23.2 Å². The largest absolute Gasteiger partial charge is 0.508 e. The van der Waals surface area contributed by atoms with Crippen molar-refractivity contribution in [2.75, 3.05) is 0 Å². The van der Waals surface area contributed by atoms with Crippen molar-refractivity contribution in [3.05, 3.63) is 62.0 Å². The van der Waals surface area contributed by atoms with E-state index in [1.54, 1.807) is 0 Å². The van der Waals surface area contributed by atoms with Crippen LogP contribution in [0.2, 0.25) is 10.0 Å². The van der Waals surface area contributed by atoms with E-state index in [9.17, 15) is 5.11 Å². The quantitative estimate of drug-likeness (QED) is 0.763. The van der Waals surface area contributed by atoms with Crippen molar-refractivity contribution in [2.45, 2.75) is 6.42 Å². The Morgan fingerprint density at radius 2 is 1.76 bits per heavy atom. The summed E-state index contributed by atoms with van der Waals surface area (Å²) in [6.45, 7) is 0. The molecule has 1 N–H and O–H groups in total. The molecule has 2 aromatic carbocycles. The Kier molecular flexibility index (Phi) is 3.97. The summed E-state index contributed by atoms with van der Waals surface area (Å²) < 4.78 is 0.615. The van der Waals surface area contributed by atoms with E-state index in [0.29, 0.717) is 26.5 Å². The zero-order valence-corrected chi connectivity index (χ0v) is 11.9. The van der Waals surface area contributed by atoms with E-state index >= 15 is 0 Å². The highest BCUT2D eigenvalue weighted by molar-refractivity contribution is 9.10. The fraction of sp³-hybridized carbons (Fsp3) is 0.0769. The predicted molar refractivity (Wildman–Crippen MR) is 75.1 cm³/mol. The number of aromatic hydroxyl groups is 1. The van der Waals surface area contributed by atoms with Crippen LogP contribution in [0.25, 0.3) is 0 Å². The highest BCUT2D eigenvalue weighted by atomic mass is 79.9. The van der Waals surface area contributed by atoms with Crippen LogP contribution >= 0.6 is 39.1 Å². The number of benzene rings is 2. The molecular weight excluding hydrogens is 323 g/mol. The van der Waals surface area contributed by atoms with E-state index in [1.807, 2.05) is 30.3 Å². The molecule has 0 aliphatic carbocycles. The maximum Gasteiger partial charge on any atom is 0.122 e. The van der Waals surface area contributed by atoms with Crippen LogP contribution in [0.5, 0.6) is 5.75 Å². The van der Waals surface area contributed by atoms with Gasteiger partial charge in [-0.3, -0.25) is 0 Å². The summed E-state index contributed by atoms with van der Waals surface area (Å²) in [6, 6.07) is 11.3. The van der Waals surface area contributed by atoms with Gasteiger partial charge in [0.05, 0.1) is 14.5 Å². The fourth-order valence-corrected chi connectivity index (χ4v) is 2.45. The summed E-state index contributed by atoms with van der Waals surface area (Å²) in [5.74, 6) is 0.118. The molecule has 0 amide bonds. The van der Waals surface area contributed by atoms with Gasteiger partial charge < -0.3 is 5.11 Å². The molecule has 0 saturated carbocycles. The van der Waals surface area contributed by atoms with Gasteiger partial charge in [0.2, 0.25) is 0 Å². The molecular formula is C13H9BrCl2O. The standard InChI is InChI=1S/C13H9BrCl2O/c14-12-10(15)7-11(17)9(13(12)16)6-8-4-2-1-3-5-8/h1-5,7,17H,6H2. The summed E-state index contributed by atoms with van der Waals surface area (Å²) in [6.07, 6.45) is 0.571. The Bertz CT molecular complexity index is 541. The van der Waals surface area contributed by atoms with Crippen LogP contribution in [0, 0.1) is 0 Å². The van der Waals surface area contributed by atoms with Gasteiger partial charge in [0.15, 0.2) is 0 Å². The first-order valence-corrected chi connectivity index (χ1v) is 6.53. The molecule has 0 aliphatic rings. The molecule has 0 aliphatic heterocycles. The summed E-state index contributed by atoms with van der Waals surface area (Å²) in [4.78, 5) is 0. The Morgan fingerprint density at radius 3 is 2.41 bits per heavy atom. The van der Waals surface area contributed by atoms with Gasteiger partial charge >= 0.3 is 0 Å². The average molecular weight is 332 g/mol.